The summed E-state index contributed by atoms with van der Waals surface area (Å²) in [6.45, 7) is 5.52. The molecular formula is C19H27N3O3S. The van der Waals surface area contributed by atoms with E-state index in [1.807, 2.05) is 30.9 Å². The van der Waals surface area contributed by atoms with E-state index < -0.39 is 15.4 Å². The quantitative estimate of drug-likeness (QED) is 0.805. The van der Waals surface area contributed by atoms with Crippen molar-refractivity contribution >= 4 is 15.9 Å². The summed E-state index contributed by atoms with van der Waals surface area (Å²) in [7, 11) is -3.30. The van der Waals surface area contributed by atoms with Crippen LogP contribution in [0.15, 0.2) is 24.5 Å². The summed E-state index contributed by atoms with van der Waals surface area (Å²) < 4.78 is 27.4. The third kappa shape index (κ3) is 2.76. The van der Waals surface area contributed by atoms with E-state index in [2.05, 4.69) is 4.98 Å². The first kappa shape index (κ1) is 17.9. The second kappa shape index (κ2) is 6.30. The highest BCUT2D eigenvalue weighted by Crippen LogP contribution is 2.51. The molecule has 142 valence electrons. The first-order valence-electron chi connectivity index (χ1n) is 9.56. The number of pyridine rings is 1. The molecule has 3 heterocycles. The maximum atomic E-state index is 13.5. The summed E-state index contributed by atoms with van der Waals surface area (Å²) in [4.78, 5) is 19.7. The predicted molar refractivity (Wildman–Crippen MR) is 99.0 cm³/mol. The van der Waals surface area contributed by atoms with Crippen molar-refractivity contribution < 1.29 is 13.2 Å². The lowest BCUT2D eigenvalue weighted by atomic mass is 9.69. The summed E-state index contributed by atoms with van der Waals surface area (Å²) in [6, 6.07) is 3.98. The van der Waals surface area contributed by atoms with Gasteiger partial charge in [0.1, 0.15) is 0 Å². The zero-order chi connectivity index (χ0) is 18.5. The molecule has 0 N–H and O–H groups in total. The van der Waals surface area contributed by atoms with Crippen molar-refractivity contribution in [3.05, 3.63) is 30.1 Å². The highest BCUT2D eigenvalue weighted by Gasteiger charge is 2.59. The molecule has 4 rings (SSSR count). The van der Waals surface area contributed by atoms with E-state index in [1.54, 1.807) is 16.7 Å². The molecule has 26 heavy (non-hydrogen) atoms. The molecule has 1 spiro atoms. The number of hydrogen-bond donors (Lipinski definition) is 0. The Balaban J connectivity index is 1.75. The molecule has 1 amide bonds. The number of rotatable bonds is 4. The van der Waals surface area contributed by atoms with E-state index in [-0.39, 0.29) is 23.1 Å². The number of amides is 1. The van der Waals surface area contributed by atoms with Gasteiger partial charge < -0.3 is 4.90 Å². The fraction of sp³-hybridized carbons (Fsp3) is 0.684. The Morgan fingerprint density at radius 2 is 2.08 bits per heavy atom. The summed E-state index contributed by atoms with van der Waals surface area (Å²) in [5.74, 6) is -0.0140. The zero-order valence-corrected chi connectivity index (χ0v) is 16.3. The smallest absolute Gasteiger partial charge is 0.231 e. The molecule has 3 aliphatic rings. The van der Waals surface area contributed by atoms with Gasteiger partial charge in [-0.05, 0) is 51.2 Å². The van der Waals surface area contributed by atoms with E-state index in [0.717, 1.165) is 37.8 Å². The van der Waals surface area contributed by atoms with E-state index in [9.17, 15) is 13.2 Å². The topological polar surface area (TPSA) is 70.6 Å². The summed E-state index contributed by atoms with van der Waals surface area (Å²) >= 11 is 0. The van der Waals surface area contributed by atoms with Crippen molar-refractivity contribution in [2.45, 2.75) is 56.7 Å². The van der Waals surface area contributed by atoms with E-state index in [0.29, 0.717) is 13.1 Å². The molecule has 0 bridgehead atoms. The summed E-state index contributed by atoms with van der Waals surface area (Å²) in [5.41, 5.74) is 0.313. The van der Waals surface area contributed by atoms with Crippen LogP contribution in [0.2, 0.25) is 0 Å². The van der Waals surface area contributed by atoms with Crippen LogP contribution in [0.3, 0.4) is 0 Å². The number of likely N-dealkylation sites (tertiary alicyclic amines) is 1. The monoisotopic (exact) mass is 377 g/mol. The Labute approximate surface area is 155 Å². The van der Waals surface area contributed by atoms with E-state index in [4.69, 9.17) is 0 Å². The van der Waals surface area contributed by atoms with E-state index >= 15 is 0 Å². The Bertz CT molecular complexity index is 792. The van der Waals surface area contributed by atoms with Gasteiger partial charge in [-0.2, -0.15) is 4.31 Å². The average Bonchev–Trinajstić information content (AvgIpc) is 3.41. The molecule has 2 aliphatic heterocycles. The van der Waals surface area contributed by atoms with Gasteiger partial charge in [0.25, 0.3) is 0 Å². The van der Waals surface area contributed by atoms with Gasteiger partial charge in [-0.25, -0.2) is 8.42 Å². The lowest BCUT2D eigenvalue weighted by Crippen LogP contribution is -2.54. The second-order valence-corrected chi connectivity index (χ2v) is 10.4. The fourth-order valence-corrected chi connectivity index (χ4v) is 6.59. The van der Waals surface area contributed by atoms with Crippen LogP contribution >= 0.6 is 0 Å². The largest absolute Gasteiger partial charge is 0.340 e. The van der Waals surface area contributed by atoms with Crippen LogP contribution in [0.25, 0.3) is 0 Å². The van der Waals surface area contributed by atoms with Crippen LogP contribution in [0, 0.1) is 5.41 Å². The summed E-state index contributed by atoms with van der Waals surface area (Å²) in [6.07, 6.45) is 6.66. The molecule has 6 nitrogen and oxygen atoms in total. The minimum absolute atomic E-state index is 0.112. The van der Waals surface area contributed by atoms with Crippen molar-refractivity contribution in [1.29, 1.82) is 0 Å². The van der Waals surface area contributed by atoms with Crippen LogP contribution in [0.5, 0.6) is 0 Å². The van der Waals surface area contributed by atoms with Gasteiger partial charge in [0.05, 0.1) is 10.7 Å². The first-order valence-corrected chi connectivity index (χ1v) is 11.1. The Kier molecular flexibility index (Phi) is 4.34. The number of carbonyl (C=O) groups excluding carboxylic acids is 1. The molecule has 2 saturated heterocycles. The third-order valence-electron chi connectivity index (χ3n) is 6.24. The van der Waals surface area contributed by atoms with Crippen molar-refractivity contribution in [1.82, 2.24) is 14.2 Å². The lowest BCUT2D eigenvalue weighted by Gasteiger charge is -2.44. The Morgan fingerprint density at radius 1 is 1.31 bits per heavy atom. The average molecular weight is 378 g/mol. The van der Waals surface area contributed by atoms with Crippen molar-refractivity contribution in [2.24, 2.45) is 5.41 Å². The van der Waals surface area contributed by atoms with Crippen LogP contribution in [-0.4, -0.2) is 59.4 Å². The van der Waals surface area contributed by atoms with Crippen LogP contribution in [0.4, 0.5) is 0 Å². The molecule has 2 atom stereocenters. The van der Waals surface area contributed by atoms with Crippen LogP contribution in [0.1, 0.15) is 51.0 Å². The molecule has 1 saturated carbocycles. The summed E-state index contributed by atoms with van der Waals surface area (Å²) in [5, 5.41) is -0.243. The van der Waals surface area contributed by atoms with Gasteiger partial charge in [-0.1, -0.05) is 6.07 Å². The Morgan fingerprint density at radius 3 is 2.69 bits per heavy atom. The fourth-order valence-electron chi connectivity index (χ4n) is 4.67. The minimum atomic E-state index is -3.30. The second-order valence-electron chi connectivity index (χ2n) is 8.23. The van der Waals surface area contributed by atoms with Crippen LogP contribution in [-0.2, 0) is 14.8 Å². The molecule has 1 aromatic rings. The molecule has 1 aromatic heterocycles. The van der Waals surface area contributed by atoms with Gasteiger partial charge in [0.2, 0.25) is 15.9 Å². The van der Waals surface area contributed by atoms with Gasteiger partial charge in [-0.3, -0.25) is 9.78 Å². The molecule has 3 fully saturated rings. The number of carbonyl (C=O) groups is 1. The SMILES string of the molecule is CC(C)N1CCC[C@@]2(CN(S(=O)(=O)C3CC3)C[C@@H]2c2cccnc2)C1=O. The maximum absolute atomic E-state index is 13.5. The highest BCUT2D eigenvalue weighted by molar-refractivity contribution is 7.90. The maximum Gasteiger partial charge on any atom is 0.231 e. The standard InChI is InChI=1S/C19H27N3O3S/c1-14(2)22-10-4-8-19(18(22)23)13-21(26(24,25)16-6-7-16)12-17(19)15-5-3-9-20-11-15/h3,5,9,11,14,16-17H,4,6-8,10,12-13H2,1-2H3/t17-,19+/m1/s1. The molecule has 0 aromatic carbocycles. The highest BCUT2D eigenvalue weighted by atomic mass is 32.2. The van der Waals surface area contributed by atoms with Gasteiger partial charge in [0, 0.05) is 44.0 Å². The Hall–Kier alpha value is -1.47. The number of hydrogen-bond acceptors (Lipinski definition) is 4. The molecule has 1 aliphatic carbocycles. The molecule has 0 unspecified atom stereocenters. The van der Waals surface area contributed by atoms with Crippen molar-refractivity contribution in [3.63, 3.8) is 0 Å². The minimum Gasteiger partial charge on any atom is -0.340 e. The molecular weight excluding hydrogens is 350 g/mol. The van der Waals surface area contributed by atoms with Crippen LogP contribution < -0.4 is 0 Å². The number of piperidine rings is 1. The third-order valence-corrected chi connectivity index (χ3v) is 8.55. The van der Waals surface area contributed by atoms with Gasteiger partial charge >= 0.3 is 0 Å². The van der Waals surface area contributed by atoms with E-state index in [1.165, 1.54) is 0 Å². The van der Waals surface area contributed by atoms with Crippen molar-refractivity contribution in [2.75, 3.05) is 19.6 Å². The number of aromatic nitrogens is 1. The molecule has 0 radical (unpaired) electrons. The zero-order valence-electron chi connectivity index (χ0n) is 15.5. The molecule has 7 heteroatoms. The first-order chi connectivity index (χ1) is 12.4. The van der Waals surface area contributed by atoms with Gasteiger partial charge in [0.15, 0.2) is 0 Å². The lowest BCUT2D eigenvalue weighted by molar-refractivity contribution is -0.148. The normalized spacial score (nSPS) is 30.5. The van der Waals surface area contributed by atoms with Gasteiger partial charge in [-0.15, -0.1) is 0 Å². The number of nitrogens with zero attached hydrogens (tertiary/aromatic N) is 3. The van der Waals surface area contributed by atoms with Crippen molar-refractivity contribution in [3.8, 4) is 0 Å². The number of sulfonamides is 1. The predicted octanol–water partition coefficient (Wildman–Crippen LogP) is 1.99.